The van der Waals surface area contributed by atoms with Gasteiger partial charge in [-0.05, 0) is 31.7 Å². The van der Waals surface area contributed by atoms with Crippen LogP contribution in [0.2, 0.25) is 0 Å². The second kappa shape index (κ2) is 4.40. The molecule has 0 amide bonds. The van der Waals surface area contributed by atoms with Crippen molar-refractivity contribution in [2.24, 2.45) is 11.1 Å². The van der Waals surface area contributed by atoms with E-state index in [0.29, 0.717) is 11.5 Å². The van der Waals surface area contributed by atoms with Crippen molar-refractivity contribution in [1.29, 1.82) is 0 Å². The Morgan fingerprint density at radius 2 is 2.30 bits per heavy atom. The number of aromatic nitrogens is 2. The van der Waals surface area contributed by atoms with Crippen LogP contribution in [0.15, 0.2) is 12.4 Å². The monoisotopic (exact) mass is 288 g/mol. The molecule has 20 heavy (non-hydrogen) atoms. The Morgan fingerprint density at radius 3 is 3.00 bits per heavy atom. The van der Waals surface area contributed by atoms with Crippen LogP contribution in [0.3, 0.4) is 0 Å². The van der Waals surface area contributed by atoms with Gasteiger partial charge in [0.2, 0.25) is 0 Å². The van der Waals surface area contributed by atoms with E-state index in [1.165, 1.54) is 29.5 Å². The molecule has 4 rings (SSSR count). The van der Waals surface area contributed by atoms with E-state index in [1.807, 2.05) is 0 Å². The standard InChI is InChI=1S/C15H20N4S/c1-2-11-5-12-13(17-9-18-14(12)20-11)19-7-15(8-19)4-3-10(16)6-15/h5,9-10H,2-4,6-8,16H2,1H3. The molecule has 5 heteroatoms. The fraction of sp³-hybridized carbons (Fsp3) is 0.600. The minimum Gasteiger partial charge on any atom is -0.355 e. The maximum Gasteiger partial charge on any atom is 0.140 e. The van der Waals surface area contributed by atoms with Crippen molar-refractivity contribution < 1.29 is 0 Å². The van der Waals surface area contributed by atoms with E-state index >= 15 is 0 Å². The zero-order valence-electron chi connectivity index (χ0n) is 11.8. The summed E-state index contributed by atoms with van der Waals surface area (Å²) >= 11 is 1.79. The molecule has 0 aromatic carbocycles. The first-order chi connectivity index (χ1) is 9.69. The van der Waals surface area contributed by atoms with Gasteiger partial charge in [-0.25, -0.2) is 9.97 Å². The number of thiophene rings is 1. The SMILES string of the molecule is CCc1cc2c(N3CC4(CCC(N)C4)C3)ncnc2s1. The summed E-state index contributed by atoms with van der Waals surface area (Å²) in [4.78, 5) is 13.9. The molecule has 1 saturated carbocycles. The van der Waals surface area contributed by atoms with E-state index in [1.54, 1.807) is 17.7 Å². The summed E-state index contributed by atoms with van der Waals surface area (Å²) in [6.07, 6.45) is 6.42. The van der Waals surface area contributed by atoms with E-state index in [9.17, 15) is 0 Å². The molecule has 0 radical (unpaired) electrons. The quantitative estimate of drug-likeness (QED) is 0.923. The first-order valence-electron chi connectivity index (χ1n) is 7.43. The molecular weight excluding hydrogens is 268 g/mol. The lowest BCUT2D eigenvalue weighted by Crippen LogP contribution is -2.56. The first kappa shape index (κ1) is 12.5. The van der Waals surface area contributed by atoms with Crippen LogP contribution in [-0.4, -0.2) is 29.1 Å². The molecule has 106 valence electrons. The Morgan fingerprint density at radius 1 is 1.45 bits per heavy atom. The topological polar surface area (TPSA) is 55.0 Å². The smallest absolute Gasteiger partial charge is 0.140 e. The zero-order chi connectivity index (χ0) is 13.7. The van der Waals surface area contributed by atoms with Gasteiger partial charge in [0, 0.05) is 29.4 Å². The molecule has 1 unspecified atom stereocenters. The number of fused-ring (bicyclic) bond motifs is 1. The molecule has 1 saturated heterocycles. The van der Waals surface area contributed by atoms with Crippen molar-refractivity contribution in [1.82, 2.24) is 9.97 Å². The van der Waals surface area contributed by atoms with Crippen LogP contribution in [0.4, 0.5) is 5.82 Å². The third-order valence-electron chi connectivity index (χ3n) is 4.80. The molecule has 4 nitrogen and oxygen atoms in total. The van der Waals surface area contributed by atoms with E-state index in [4.69, 9.17) is 5.73 Å². The predicted octanol–water partition coefficient (Wildman–Crippen LogP) is 2.57. The highest BCUT2D eigenvalue weighted by molar-refractivity contribution is 7.18. The zero-order valence-corrected chi connectivity index (χ0v) is 12.6. The molecule has 3 heterocycles. The van der Waals surface area contributed by atoms with Crippen molar-refractivity contribution in [3.63, 3.8) is 0 Å². The molecule has 2 aliphatic rings. The first-order valence-corrected chi connectivity index (χ1v) is 8.25. The number of anilines is 1. The normalized spacial score (nSPS) is 24.5. The summed E-state index contributed by atoms with van der Waals surface area (Å²) in [5.41, 5.74) is 6.55. The Kier molecular flexibility index (Phi) is 2.76. The van der Waals surface area contributed by atoms with Gasteiger partial charge in [-0.15, -0.1) is 11.3 Å². The van der Waals surface area contributed by atoms with Gasteiger partial charge in [-0.2, -0.15) is 0 Å². The Bertz CT molecular complexity index is 644. The van der Waals surface area contributed by atoms with Crippen LogP contribution in [0, 0.1) is 5.41 Å². The number of nitrogens with two attached hydrogens (primary N) is 1. The average molecular weight is 288 g/mol. The average Bonchev–Trinajstić information content (AvgIpc) is 2.99. The summed E-state index contributed by atoms with van der Waals surface area (Å²) in [7, 11) is 0. The maximum atomic E-state index is 6.07. The van der Waals surface area contributed by atoms with Gasteiger partial charge >= 0.3 is 0 Å². The van der Waals surface area contributed by atoms with Gasteiger partial charge in [-0.3, -0.25) is 0 Å². The van der Waals surface area contributed by atoms with Gasteiger partial charge < -0.3 is 10.6 Å². The summed E-state index contributed by atoms with van der Waals surface area (Å²) in [5.74, 6) is 1.12. The highest BCUT2D eigenvalue weighted by Gasteiger charge is 2.47. The highest BCUT2D eigenvalue weighted by Crippen LogP contribution is 2.47. The van der Waals surface area contributed by atoms with Crippen LogP contribution in [0.5, 0.6) is 0 Å². The Labute approximate surface area is 123 Å². The van der Waals surface area contributed by atoms with Crippen LogP contribution in [0.25, 0.3) is 10.2 Å². The van der Waals surface area contributed by atoms with Gasteiger partial charge in [0.05, 0.1) is 5.39 Å². The number of nitrogens with zero attached hydrogens (tertiary/aromatic N) is 3. The second-order valence-corrected chi connectivity index (χ2v) is 7.46. The third-order valence-corrected chi connectivity index (χ3v) is 5.99. The second-order valence-electron chi connectivity index (χ2n) is 6.34. The molecule has 2 fully saturated rings. The molecule has 1 aliphatic heterocycles. The van der Waals surface area contributed by atoms with Crippen LogP contribution >= 0.6 is 11.3 Å². The maximum absolute atomic E-state index is 6.07. The minimum atomic E-state index is 0.412. The Balaban J connectivity index is 1.62. The molecular formula is C15H20N4S. The van der Waals surface area contributed by atoms with Gasteiger partial charge in [0.25, 0.3) is 0 Å². The van der Waals surface area contributed by atoms with Crippen LogP contribution in [-0.2, 0) is 6.42 Å². The van der Waals surface area contributed by atoms with E-state index in [0.717, 1.165) is 30.2 Å². The molecule has 1 atom stereocenters. The summed E-state index contributed by atoms with van der Waals surface area (Å²) in [6, 6.07) is 2.68. The van der Waals surface area contributed by atoms with Crippen LogP contribution in [0.1, 0.15) is 31.1 Å². The van der Waals surface area contributed by atoms with E-state index < -0.39 is 0 Å². The van der Waals surface area contributed by atoms with Crippen LogP contribution < -0.4 is 10.6 Å². The number of hydrogen-bond acceptors (Lipinski definition) is 5. The number of hydrogen-bond donors (Lipinski definition) is 1. The minimum absolute atomic E-state index is 0.412. The summed E-state index contributed by atoms with van der Waals surface area (Å²) in [5, 5.41) is 1.23. The lowest BCUT2D eigenvalue weighted by Gasteiger charge is -2.49. The van der Waals surface area contributed by atoms with E-state index in [2.05, 4.69) is 27.9 Å². The Hall–Kier alpha value is -1.20. The van der Waals surface area contributed by atoms with Crippen molar-refractivity contribution in [3.05, 3.63) is 17.3 Å². The lowest BCUT2D eigenvalue weighted by atomic mass is 9.78. The largest absolute Gasteiger partial charge is 0.355 e. The third kappa shape index (κ3) is 1.84. The lowest BCUT2D eigenvalue weighted by molar-refractivity contribution is 0.218. The number of rotatable bonds is 2. The molecule has 2 N–H and O–H groups in total. The molecule has 0 bridgehead atoms. The van der Waals surface area contributed by atoms with Crippen molar-refractivity contribution >= 4 is 27.4 Å². The predicted molar refractivity (Wildman–Crippen MR) is 83.3 cm³/mol. The summed E-state index contributed by atoms with van der Waals surface area (Å²) < 4.78 is 0. The fourth-order valence-electron chi connectivity index (χ4n) is 3.77. The molecule has 1 spiro atoms. The van der Waals surface area contributed by atoms with Crippen molar-refractivity contribution in [2.45, 2.75) is 38.6 Å². The van der Waals surface area contributed by atoms with Gasteiger partial charge in [-0.1, -0.05) is 6.92 Å². The molecule has 1 aliphatic carbocycles. The summed E-state index contributed by atoms with van der Waals surface area (Å²) in [6.45, 7) is 4.42. The molecule has 2 aromatic rings. The highest BCUT2D eigenvalue weighted by atomic mass is 32.1. The van der Waals surface area contributed by atoms with Crippen molar-refractivity contribution in [3.8, 4) is 0 Å². The van der Waals surface area contributed by atoms with Gasteiger partial charge in [0.1, 0.15) is 17.0 Å². The fourth-order valence-corrected chi connectivity index (χ4v) is 4.70. The van der Waals surface area contributed by atoms with E-state index in [-0.39, 0.29) is 0 Å². The number of aryl methyl sites for hydroxylation is 1. The van der Waals surface area contributed by atoms with Crippen molar-refractivity contribution in [2.75, 3.05) is 18.0 Å². The molecule has 2 aromatic heterocycles. The van der Waals surface area contributed by atoms with Gasteiger partial charge in [0.15, 0.2) is 0 Å².